The van der Waals surface area contributed by atoms with Gasteiger partial charge >= 0.3 is 0 Å². The third-order valence-corrected chi connectivity index (χ3v) is 6.55. The van der Waals surface area contributed by atoms with Gasteiger partial charge in [-0.3, -0.25) is 0 Å². The van der Waals surface area contributed by atoms with Crippen LogP contribution in [0.4, 0.5) is 17.6 Å². The summed E-state index contributed by atoms with van der Waals surface area (Å²) >= 11 is 0. The summed E-state index contributed by atoms with van der Waals surface area (Å²) in [4.78, 5) is 16.0. The Morgan fingerprint density at radius 3 is 2.71 bits per heavy atom. The van der Waals surface area contributed by atoms with Gasteiger partial charge in [0.25, 0.3) is 0 Å². The molecule has 1 atom stereocenters. The van der Waals surface area contributed by atoms with Crippen molar-refractivity contribution in [2.24, 2.45) is 5.92 Å². The van der Waals surface area contributed by atoms with Crippen LogP contribution in [0, 0.1) is 12.8 Å². The summed E-state index contributed by atoms with van der Waals surface area (Å²) < 4.78 is 1.74. The van der Waals surface area contributed by atoms with Gasteiger partial charge in [0.2, 0.25) is 5.95 Å². The number of piperidine rings is 1. The molecule has 0 aromatic carbocycles. The minimum absolute atomic E-state index is 0.0103. The normalized spacial score (nSPS) is 15.7. The van der Waals surface area contributed by atoms with Crippen LogP contribution in [0.5, 0.6) is 0 Å². The molecule has 1 saturated heterocycles. The van der Waals surface area contributed by atoms with Crippen molar-refractivity contribution in [3.63, 3.8) is 0 Å². The Balaban J connectivity index is 1.50. The molecule has 4 heterocycles. The van der Waals surface area contributed by atoms with Gasteiger partial charge in [-0.25, -0.2) is 14.5 Å². The molecule has 1 aliphatic heterocycles. The second-order valence-corrected chi connectivity index (χ2v) is 9.27. The Labute approximate surface area is 201 Å². The first-order valence-electron chi connectivity index (χ1n) is 12.2. The van der Waals surface area contributed by atoms with Crippen LogP contribution in [0.3, 0.4) is 0 Å². The largest absolute Gasteiger partial charge is 0.394 e. The maximum absolute atomic E-state index is 9.61. The molecule has 0 aliphatic carbocycles. The lowest BCUT2D eigenvalue weighted by atomic mass is 9.96. The van der Waals surface area contributed by atoms with Crippen molar-refractivity contribution in [2.45, 2.75) is 52.0 Å². The molecule has 1 unspecified atom stereocenters. The molecule has 4 rings (SSSR count). The standard InChI is InChI=1S/C24H37N9O/c1-4-5-19(15-34)29-24-30-21(25)23-28-14-20(33(23)31-24)11-18-10-16(2)22(27-13-18)32-8-6-17(7-9-32)12-26-3/h10,13-14,17,19,26,34H,4-9,11-12,15H2,1-3H3,(H3,25,29,30,31). The van der Waals surface area contributed by atoms with Crippen molar-refractivity contribution >= 4 is 23.2 Å². The van der Waals surface area contributed by atoms with Gasteiger partial charge in [-0.05, 0) is 56.8 Å². The fraction of sp³-hybridized carbons (Fsp3) is 0.583. The first-order chi connectivity index (χ1) is 16.5. The summed E-state index contributed by atoms with van der Waals surface area (Å²) in [6.07, 6.45) is 8.52. The van der Waals surface area contributed by atoms with Crippen molar-refractivity contribution in [3.05, 3.63) is 35.3 Å². The van der Waals surface area contributed by atoms with E-state index >= 15 is 0 Å². The molecule has 1 fully saturated rings. The van der Waals surface area contributed by atoms with E-state index in [1.165, 1.54) is 18.4 Å². The number of aryl methyl sites for hydroxylation is 1. The number of pyridine rings is 1. The topological polar surface area (TPSA) is 130 Å². The Bertz CT molecular complexity index is 1090. The van der Waals surface area contributed by atoms with Gasteiger partial charge in [0.15, 0.2) is 11.5 Å². The average molecular weight is 468 g/mol. The van der Waals surface area contributed by atoms with Crippen LogP contribution in [-0.2, 0) is 6.42 Å². The van der Waals surface area contributed by atoms with Crippen molar-refractivity contribution in [2.75, 3.05) is 49.2 Å². The summed E-state index contributed by atoms with van der Waals surface area (Å²) in [5.41, 5.74) is 9.87. The zero-order chi connectivity index (χ0) is 24.1. The van der Waals surface area contributed by atoms with Gasteiger partial charge in [0.1, 0.15) is 5.82 Å². The number of rotatable bonds is 10. The van der Waals surface area contributed by atoms with E-state index in [-0.39, 0.29) is 12.6 Å². The van der Waals surface area contributed by atoms with Gasteiger partial charge in [0, 0.05) is 25.7 Å². The summed E-state index contributed by atoms with van der Waals surface area (Å²) in [6, 6.07) is 2.09. The molecule has 184 valence electrons. The molecule has 34 heavy (non-hydrogen) atoms. The van der Waals surface area contributed by atoms with E-state index in [2.05, 4.69) is 50.5 Å². The van der Waals surface area contributed by atoms with Crippen LogP contribution in [0.25, 0.3) is 5.65 Å². The fourth-order valence-corrected chi connectivity index (χ4v) is 4.77. The van der Waals surface area contributed by atoms with Crippen molar-refractivity contribution in [1.82, 2.24) is 29.9 Å². The van der Waals surface area contributed by atoms with Crippen molar-refractivity contribution in [1.29, 1.82) is 0 Å². The maximum atomic E-state index is 9.61. The number of aliphatic hydroxyl groups is 1. The monoisotopic (exact) mass is 467 g/mol. The van der Waals surface area contributed by atoms with Crippen LogP contribution in [0.15, 0.2) is 18.5 Å². The van der Waals surface area contributed by atoms with Crippen LogP contribution >= 0.6 is 0 Å². The summed E-state index contributed by atoms with van der Waals surface area (Å²) in [6.45, 7) is 7.39. The molecule has 1 aliphatic rings. The van der Waals surface area contributed by atoms with Crippen molar-refractivity contribution < 1.29 is 5.11 Å². The zero-order valence-corrected chi connectivity index (χ0v) is 20.5. The van der Waals surface area contributed by atoms with E-state index < -0.39 is 0 Å². The number of hydrogen-bond acceptors (Lipinski definition) is 9. The summed E-state index contributed by atoms with van der Waals surface area (Å²) in [5, 5.41) is 20.7. The van der Waals surface area contributed by atoms with E-state index in [0.717, 1.165) is 55.5 Å². The molecule has 0 bridgehead atoms. The Morgan fingerprint density at radius 2 is 2.03 bits per heavy atom. The number of nitrogens with one attached hydrogen (secondary N) is 2. The molecule has 0 amide bonds. The van der Waals surface area contributed by atoms with Crippen molar-refractivity contribution in [3.8, 4) is 0 Å². The molecule has 0 radical (unpaired) electrons. The van der Waals surface area contributed by atoms with E-state index in [0.29, 0.717) is 23.8 Å². The number of nitrogen functional groups attached to an aromatic ring is 1. The van der Waals surface area contributed by atoms with Gasteiger partial charge in [-0.2, -0.15) is 4.98 Å². The molecule has 0 spiro atoms. The highest BCUT2D eigenvalue weighted by molar-refractivity contribution is 5.61. The predicted molar refractivity (Wildman–Crippen MR) is 135 cm³/mol. The number of aromatic nitrogens is 5. The fourth-order valence-electron chi connectivity index (χ4n) is 4.77. The Hall–Kier alpha value is -2.98. The average Bonchev–Trinajstić information content (AvgIpc) is 3.23. The Morgan fingerprint density at radius 1 is 1.24 bits per heavy atom. The number of imidazole rings is 1. The minimum atomic E-state index is -0.114. The molecule has 10 nitrogen and oxygen atoms in total. The van der Waals surface area contributed by atoms with Gasteiger partial charge < -0.3 is 26.4 Å². The second-order valence-electron chi connectivity index (χ2n) is 9.27. The molecular weight excluding hydrogens is 430 g/mol. The number of aliphatic hydroxyl groups excluding tert-OH is 1. The summed E-state index contributed by atoms with van der Waals surface area (Å²) in [5.74, 6) is 2.53. The molecule has 3 aromatic rings. The highest BCUT2D eigenvalue weighted by Gasteiger charge is 2.21. The first kappa shape index (κ1) is 24.2. The Kier molecular flexibility index (Phi) is 7.79. The van der Waals surface area contributed by atoms with Gasteiger partial charge in [-0.15, -0.1) is 5.10 Å². The summed E-state index contributed by atoms with van der Waals surface area (Å²) in [7, 11) is 2.02. The van der Waals surface area contributed by atoms with Gasteiger partial charge in [0.05, 0.1) is 24.5 Å². The van der Waals surface area contributed by atoms with Gasteiger partial charge in [-0.1, -0.05) is 19.4 Å². The van der Waals surface area contributed by atoms with Crippen LogP contribution in [0.2, 0.25) is 0 Å². The highest BCUT2D eigenvalue weighted by Crippen LogP contribution is 2.25. The van der Waals surface area contributed by atoms with E-state index in [9.17, 15) is 5.11 Å². The molecule has 3 aromatic heterocycles. The second kappa shape index (κ2) is 11.0. The zero-order valence-electron chi connectivity index (χ0n) is 20.5. The van der Waals surface area contributed by atoms with E-state index in [1.807, 2.05) is 13.2 Å². The molecule has 5 N–H and O–H groups in total. The van der Waals surface area contributed by atoms with Crippen LogP contribution in [0.1, 0.15) is 49.4 Å². The first-order valence-corrected chi connectivity index (χ1v) is 12.2. The molecule has 10 heteroatoms. The number of anilines is 3. The molecular formula is C24H37N9O. The quantitative estimate of drug-likeness (QED) is 0.354. The maximum Gasteiger partial charge on any atom is 0.243 e. The number of nitrogens with zero attached hydrogens (tertiary/aromatic N) is 6. The predicted octanol–water partition coefficient (Wildman–Crippen LogP) is 2.01. The number of fused-ring (bicyclic) bond motifs is 1. The lowest BCUT2D eigenvalue weighted by Crippen LogP contribution is -2.37. The number of hydrogen-bond donors (Lipinski definition) is 4. The smallest absolute Gasteiger partial charge is 0.243 e. The number of nitrogens with two attached hydrogens (primary N) is 1. The molecule has 0 saturated carbocycles. The van der Waals surface area contributed by atoms with E-state index in [1.54, 1.807) is 10.7 Å². The van der Waals surface area contributed by atoms with Crippen LogP contribution < -0.4 is 21.3 Å². The lowest BCUT2D eigenvalue weighted by Gasteiger charge is -2.33. The van der Waals surface area contributed by atoms with Crippen LogP contribution in [-0.4, -0.2) is 69.0 Å². The highest BCUT2D eigenvalue weighted by atomic mass is 16.3. The minimum Gasteiger partial charge on any atom is -0.394 e. The SMILES string of the molecule is CCCC(CO)Nc1nc(N)c2ncc(Cc3cnc(N4CCC(CNC)CC4)c(C)c3)n2n1. The third-order valence-electron chi connectivity index (χ3n) is 6.55. The van der Waals surface area contributed by atoms with E-state index in [4.69, 9.17) is 10.7 Å². The lowest BCUT2D eigenvalue weighted by molar-refractivity contribution is 0.267. The third kappa shape index (κ3) is 5.39.